The van der Waals surface area contributed by atoms with Crippen LogP contribution in [-0.2, 0) is 17.4 Å². The van der Waals surface area contributed by atoms with Crippen LogP contribution >= 0.6 is 0 Å². The Balaban J connectivity index is 1.39. The smallest absolute Gasteiger partial charge is 0.0681 e. The largest absolute Gasteiger partial charge is 0.392 e. The minimum Gasteiger partial charge on any atom is -0.392 e. The van der Waals surface area contributed by atoms with E-state index in [1.807, 2.05) is 0 Å². The molecule has 2 aliphatic rings. The molecule has 192 valence electrons. The summed E-state index contributed by atoms with van der Waals surface area (Å²) in [6.45, 7) is 9.42. The number of hydrogen-bond acceptors (Lipinski definition) is 2. The van der Waals surface area contributed by atoms with Gasteiger partial charge in [0.25, 0.3) is 0 Å². The van der Waals surface area contributed by atoms with Crippen LogP contribution < -0.4 is 4.90 Å². The van der Waals surface area contributed by atoms with Crippen LogP contribution in [0.1, 0.15) is 55.5 Å². The summed E-state index contributed by atoms with van der Waals surface area (Å²) in [5.41, 5.74) is 14.9. The highest BCUT2D eigenvalue weighted by Gasteiger charge is 2.42. The van der Waals surface area contributed by atoms with E-state index in [1.165, 1.54) is 50.2 Å². The van der Waals surface area contributed by atoms with Gasteiger partial charge in [-0.15, -0.1) is 0 Å². The minimum atomic E-state index is -0.132. The van der Waals surface area contributed by atoms with Crippen LogP contribution in [0.3, 0.4) is 0 Å². The van der Waals surface area contributed by atoms with E-state index in [2.05, 4.69) is 142 Å². The Kier molecular flexibility index (Phi) is 5.17. The molecular weight excluding hydrogens is 474 g/mol. The molecule has 2 nitrogen and oxygen atoms in total. The third kappa shape index (κ3) is 3.45. The maximum atomic E-state index is 9.77. The molecule has 5 aromatic rings. The van der Waals surface area contributed by atoms with Crippen molar-refractivity contribution in [3.8, 4) is 22.3 Å². The summed E-state index contributed by atoms with van der Waals surface area (Å²) in [5, 5.41) is 9.77. The average molecular weight is 508 g/mol. The maximum Gasteiger partial charge on any atom is 0.0681 e. The monoisotopic (exact) mass is 507 g/mol. The third-order valence-corrected chi connectivity index (χ3v) is 8.99. The van der Waals surface area contributed by atoms with E-state index in [4.69, 9.17) is 0 Å². The van der Waals surface area contributed by atoms with Crippen LogP contribution in [0.5, 0.6) is 0 Å². The van der Waals surface area contributed by atoms with Gasteiger partial charge < -0.3 is 10.0 Å². The molecule has 0 aliphatic heterocycles. The van der Waals surface area contributed by atoms with Gasteiger partial charge in [-0.25, -0.2) is 0 Å². The van der Waals surface area contributed by atoms with Crippen molar-refractivity contribution in [2.24, 2.45) is 0 Å². The average Bonchev–Trinajstić information content (AvgIpc) is 3.32. The number of benzene rings is 5. The van der Waals surface area contributed by atoms with Gasteiger partial charge in [-0.1, -0.05) is 88.4 Å². The fourth-order valence-electron chi connectivity index (χ4n) is 6.84. The zero-order chi connectivity index (χ0) is 26.9. The maximum absolute atomic E-state index is 9.77. The summed E-state index contributed by atoms with van der Waals surface area (Å²) in [4.78, 5) is 2.34. The summed E-state index contributed by atoms with van der Waals surface area (Å²) in [6.07, 6.45) is 0. The second kappa shape index (κ2) is 8.43. The normalized spacial score (nSPS) is 15.3. The number of para-hydroxylation sites is 2. The lowest BCUT2D eigenvalue weighted by Crippen LogP contribution is -2.17. The van der Waals surface area contributed by atoms with E-state index in [1.54, 1.807) is 0 Å². The number of nitrogens with zero attached hydrogens (tertiary/aromatic N) is 1. The highest BCUT2D eigenvalue weighted by molar-refractivity contribution is 5.91. The van der Waals surface area contributed by atoms with Gasteiger partial charge in [-0.2, -0.15) is 0 Å². The summed E-state index contributed by atoms with van der Waals surface area (Å²) in [6, 6.07) is 39.6. The Morgan fingerprint density at radius 2 is 0.949 bits per heavy atom. The van der Waals surface area contributed by atoms with Gasteiger partial charge in [-0.05, 0) is 98.6 Å². The first kappa shape index (κ1) is 23.9. The zero-order valence-corrected chi connectivity index (χ0v) is 23.0. The summed E-state index contributed by atoms with van der Waals surface area (Å²) in [7, 11) is 0. The summed E-state index contributed by atoms with van der Waals surface area (Å²) < 4.78 is 0. The van der Waals surface area contributed by atoms with Crippen LogP contribution in [0.4, 0.5) is 17.1 Å². The van der Waals surface area contributed by atoms with Crippen molar-refractivity contribution in [2.45, 2.75) is 45.1 Å². The molecule has 2 aliphatic carbocycles. The standard InChI is InChI=1S/C37H33NO/c1-36(2)32-19-24(23-39)15-17-28(32)30-21-35-31(22-34(30)36)29-18-16-27(20-33(29)37(35,3)4)38(25-11-7-5-8-12-25)26-13-9-6-10-14-26/h5-22,39H,23H2,1-4H3. The van der Waals surface area contributed by atoms with Crippen LogP contribution in [-0.4, -0.2) is 5.11 Å². The molecule has 0 saturated carbocycles. The lowest BCUT2D eigenvalue weighted by molar-refractivity contribution is 0.281. The van der Waals surface area contributed by atoms with Crippen molar-refractivity contribution < 1.29 is 5.11 Å². The van der Waals surface area contributed by atoms with Gasteiger partial charge in [-0.3, -0.25) is 0 Å². The van der Waals surface area contributed by atoms with Gasteiger partial charge in [0.2, 0.25) is 0 Å². The topological polar surface area (TPSA) is 23.5 Å². The minimum absolute atomic E-state index is 0.0714. The fraction of sp³-hybridized carbons (Fsp3) is 0.189. The van der Waals surface area contributed by atoms with Crippen molar-refractivity contribution in [3.63, 3.8) is 0 Å². The van der Waals surface area contributed by atoms with Crippen molar-refractivity contribution in [2.75, 3.05) is 4.90 Å². The highest BCUT2D eigenvalue weighted by Crippen LogP contribution is 2.56. The van der Waals surface area contributed by atoms with E-state index in [9.17, 15) is 5.11 Å². The van der Waals surface area contributed by atoms with Crippen LogP contribution in [0, 0.1) is 0 Å². The Morgan fingerprint density at radius 3 is 1.46 bits per heavy atom. The van der Waals surface area contributed by atoms with Crippen molar-refractivity contribution >= 4 is 17.1 Å². The first-order valence-electron chi connectivity index (χ1n) is 13.8. The molecule has 1 N–H and O–H groups in total. The molecule has 7 rings (SSSR count). The molecule has 2 heteroatoms. The Hall–Kier alpha value is -4.14. The molecule has 0 fully saturated rings. The molecule has 0 amide bonds. The second-order valence-corrected chi connectivity index (χ2v) is 12.0. The number of fused-ring (bicyclic) bond motifs is 6. The number of rotatable bonds is 4. The van der Waals surface area contributed by atoms with Gasteiger partial charge in [0.1, 0.15) is 0 Å². The molecule has 0 heterocycles. The molecule has 0 atom stereocenters. The molecule has 0 spiro atoms. The van der Waals surface area contributed by atoms with Gasteiger partial charge in [0.15, 0.2) is 0 Å². The summed E-state index contributed by atoms with van der Waals surface area (Å²) in [5.74, 6) is 0. The lowest BCUT2D eigenvalue weighted by atomic mass is 9.79. The first-order valence-corrected chi connectivity index (χ1v) is 13.8. The number of aliphatic hydroxyl groups is 1. The van der Waals surface area contributed by atoms with Crippen LogP contribution in [0.15, 0.2) is 109 Å². The molecule has 0 saturated heterocycles. The van der Waals surface area contributed by atoms with Crippen LogP contribution in [0.25, 0.3) is 22.3 Å². The Morgan fingerprint density at radius 1 is 0.487 bits per heavy atom. The highest BCUT2D eigenvalue weighted by atomic mass is 16.3. The van der Waals surface area contributed by atoms with Gasteiger partial charge in [0, 0.05) is 27.9 Å². The van der Waals surface area contributed by atoms with E-state index in [0.29, 0.717) is 0 Å². The third-order valence-electron chi connectivity index (χ3n) is 8.99. The zero-order valence-electron chi connectivity index (χ0n) is 23.0. The van der Waals surface area contributed by atoms with Gasteiger partial charge >= 0.3 is 0 Å². The number of hydrogen-bond donors (Lipinski definition) is 1. The molecule has 5 aromatic carbocycles. The van der Waals surface area contributed by atoms with E-state index in [-0.39, 0.29) is 17.4 Å². The quantitative estimate of drug-likeness (QED) is 0.262. The van der Waals surface area contributed by atoms with Crippen LogP contribution in [0.2, 0.25) is 0 Å². The molecule has 0 bridgehead atoms. The predicted octanol–water partition coefficient (Wildman–Crippen LogP) is 9.26. The first-order chi connectivity index (χ1) is 18.8. The summed E-state index contributed by atoms with van der Waals surface area (Å²) >= 11 is 0. The Labute approximate surface area is 231 Å². The molecule has 39 heavy (non-hydrogen) atoms. The number of anilines is 3. The lowest BCUT2D eigenvalue weighted by Gasteiger charge is -2.28. The van der Waals surface area contributed by atoms with Gasteiger partial charge in [0.05, 0.1) is 6.61 Å². The number of aliphatic hydroxyl groups excluding tert-OH is 1. The van der Waals surface area contributed by atoms with E-state index < -0.39 is 0 Å². The SMILES string of the molecule is CC1(C)c2cc(CO)ccc2-c2cc3c(cc21)-c1ccc(N(c2ccccc2)c2ccccc2)cc1C3(C)C. The van der Waals surface area contributed by atoms with Crippen molar-refractivity contribution in [1.29, 1.82) is 0 Å². The second-order valence-electron chi connectivity index (χ2n) is 12.0. The molecule has 0 unspecified atom stereocenters. The van der Waals surface area contributed by atoms with E-state index in [0.717, 1.165) is 16.9 Å². The van der Waals surface area contributed by atoms with E-state index >= 15 is 0 Å². The molecular formula is C37H33NO. The molecule has 0 aromatic heterocycles. The molecule has 0 radical (unpaired) electrons. The fourth-order valence-corrected chi connectivity index (χ4v) is 6.84. The van der Waals surface area contributed by atoms with Crippen molar-refractivity contribution in [3.05, 3.63) is 137 Å². The van der Waals surface area contributed by atoms with Crippen molar-refractivity contribution in [1.82, 2.24) is 0 Å². The Bertz CT molecular complexity index is 1690. The predicted molar refractivity (Wildman–Crippen MR) is 162 cm³/mol.